The van der Waals surface area contributed by atoms with Crippen molar-refractivity contribution in [1.82, 2.24) is 14.5 Å². The molecule has 3 heterocycles. The Bertz CT molecular complexity index is 1700. The summed E-state index contributed by atoms with van der Waals surface area (Å²) < 4.78 is 44.3. The van der Waals surface area contributed by atoms with Crippen LogP contribution in [0.3, 0.4) is 0 Å². The Morgan fingerprint density at radius 2 is 1.79 bits per heavy atom. The number of carbonyl (C=O) groups excluding carboxylic acids is 1. The summed E-state index contributed by atoms with van der Waals surface area (Å²) in [5, 5.41) is 8.71. The van der Waals surface area contributed by atoms with Crippen molar-refractivity contribution in [2.45, 2.75) is 13.1 Å². The van der Waals surface area contributed by atoms with Crippen LogP contribution in [0.5, 0.6) is 0 Å². The zero-order chi connectivity index (χ0) is 27.9. The van der Waals surface area contributed by atoms with Crippen LogP contribution < -0.4 is 16.2 Å². The number of nitrogens with one attached hydrogen (secondary N) is 1. The van der Waals surface area contributed by atoms with Gasteiger partial charge < -0.3 is 20.9 Å². The molecule has 1 amide bonds. The molecule has 0 unspecified atom stereocenters. The Morgan fingerprint density at radius 1 is 1.05 bits per heavy atom. The van der Waals surface area contributed by atoms with E-state index in [0.29, 0.717) is 46.0 Å². The number of halogens is 3. The minimum atomic E-state index is -4.68. The standard InChI is InChI=1S/C28H25F3N6O2/c1-17(38)35-8-10-36(11-9-35)25-6-4-21(13-23(25)28(29,30)31)37-26(39)7-3-19-16-34-24-5-2-18(20(14-32)15-33)12-22(24)27(19)37/h2-7,12-16,32H,8-11,33H2,1H3/b20-15+,32-14?. The van der Waals surface area contributed by atoms with Crippen molar-refractivity contribution in [2.24, 2.45) is 5.73 Å². The van der Waals surface area contributed by atoms with Crippen LogP contribution in [0.4, 0.5) is 18.9 Å². The molecule has 3 N–H and O–H groups in total. The van der Waals surface area contributed by atoms with Crippen LogP contribution in [-0.2, 0) is 11.0 Å². The average Bonchev–Trinajstić information content (AvgIpc) is 2.93. The summed E-state index contributed by atoms with van der Waals surface area (Å²) in [4.78, 5) is 32.5. The average molecular weight is 535 g/mol. The number of aromatic nitrogens is 2. The number of hydrogen-bond acceptors (Lipinski definition) is 6. The topological polar surface area (TPSA) is 108 Å². The highest BCUT2D eigenvalue weighted by molar-refractivity contribution is 6.11. The summed E-state index contributed by atoms with van der Waals surface area (Å²) in [6.07, 6.45) is -0.738. The molecule has 200 valence electrons. The van der Waals surface area contributed by atoms with Crippen LogP contribution in [-0.4, -0.2) is 52.8 Å². The third-order valence-electron chi connectivity index (χ3n) is 7.00. The molecule has 0 bridgehead atoms. The van der Waals surface area contributed by atoms with Gasteiger partial charge >= 0.3 is 6.18 Å². The summed E-state index contributed by atoms with van der Waals surface area (Å²) in [6, 6.07) is 11.9. The fourth-order valence-electron chi connectivity index (χ4n) is 5.00. The number of allylic oxidation sites excluding steroid dienone is 1. The van der Waals surface area contributed by atoms with E-state index in [2.05, 4.69) is 4.98 Å². The Kier molecular flexibility index (Phi) is 6.59. The molecule has 2 aromatic carbocycles. The Morgan fingerprint density at radius 3 is 2.44 bits per heavy atom. The van der Waals surface area contributed by atoms with Gasteiger partial charge in [-0.05, 0) is 42.0 Å². The first-order chi connectivity index (χ1) is 18.6. The molecular formula is C28H25F3N6O2. The van der Waals surface area contributed by atoms with E-state index in [1.807, 2.05) is 0 Å². The summed E-state index contributed by atoms with van der Waals surface area (Å²) >= 11 is 0. The molecule has 1 fully saturated rings. The number of piperazine rings is 1. The maximum Gasteiger partial charge on any atom is 0.418 e. The van der Waals surface area contributed by atoms with E-state index >= 15 is 0 Å². The quantitative estimate of drug-likeness (QED) is 0.302. The van der Waals surface area contributed by atoms with Gasteiger partial charge in [0.15, 0.2) is 0 Å². The lowest BCUT2D eigenvalue weighted by Crippen LogP contribution is -2.48. The Labute approximate surface area is 221 Å². The molecule has 1 aliphatic heterocycles. The number of amides is 1. The van der Waals surface area contributed by atoms with Crippen molar-refractivity contribution in [3.05, 3.63) is 82.4 Å². The molecule has 2 aromatic heterocycles. The summed E-state index contributed by atoms with van der Waals surface area (Å²) in [6.45, 7) is 2.62. The van der Waals surface area contributed by atoms with Crippen molar-refractivity contribution in [1.29, 1.82) is 5.41 Å². The lowest BCUT2D eigenvalue weighted by atomic mass is 10.0. The van der Waals surface area contributed by atoms with E-state index in [0.717, 1.165) is 12.3 Å². The maximum absolute atomic E-state index is 14.4. The SMILES string of the molecule is CC(=O)N1CCN(c2ccc(-n3c(=O)ccc4cnc5ccc(/C(C=N)=C/N)cc5c43)cc2C(F)(F)F)CC1. The van der Waals surface area contributed by atoms with Gasteiger partial charge in [-0.1, -0.05) is 6.07 Å². The van der Waals surface area contributed by atoms with Gasteiger partial charge in [-0.25, -0.2) is 0 Å². The molecule has 0 spiro atoms. The largest absolute Gasteiger partial charge is 0.418 e. The lowest BCUT2D eigenvalue weighted by Gasteiger charge is -2.36. The predicted molar refractivity (Wildman–Crippen MR) is 145 cm³/mol. The van der Waals surface area contributed by atoms with E-state index in [1.54, 1.807) is 40.3 Å². The molecule has 0 atom stereocenters. The predicted octanol–water partition coefficient (Wildman–Crippen LogP) is 4.18. The highest BCUT2D eigenvalue weighted by Crippen LogP contribution is 2.39. The number of carbonyl (C=O) groups is 1. The van der Waals surface area contributed by atoms with Crippen molar-refractivity contribution in [3.63, 3.8) is 0 Å². The van der Waals surface area contributed by atoms with Crippen LogP contribution in [0, 0.1) is 5.41 Å². The van der Waals surface area contributed by atoms with E-state index in [9.17, 15) is 22.8 Å². The Hall–Kier alpha value is -4.67. The molecule has 0 radical (unpaired) electrons. The second kappa shape index (κ2) is 9.90. The second-order valence-electron chi connectivity index (χ2n) is 9.26. The van der Waals surface area contributed by atoms with Gasteiger partial charge in [0, 0.05) is 79.8 Å². The Balaban J connectivity index is 1.71. The van der Waals surface area contributed by atoms with Crippen LogP contribution in [0.2, 0.25) is 0 Å². The van der Waals surface area contributed by atoms with Crippen molar-refractivity contribution < 1.29 is 18.0 Å². The van der Waals surface area contributed by atoms with Crippen LogP contribution in [0.15, 0.2) is 65.7 Å². The van der Waals surface area contributed by atoms with Gasteiger partial charge in [0.1, 0.15) is 0 Å². The molecule has 11 heteroatoms. The van der Waals surface area contributed by atoms with E-state index in [-0.39, 0.29) is 30.4 Å². The summed E-state index contributed by atoms with van der Waals surface area (Å²) in [5.41, 5.74) is 6.32. The molecule has 5 rings (SSSR count). The van der Waals surface area contributed by atoms with Crippen molar-refractivity contribution in [3.8, 4) is 5.69 Å². The third kappa shape index (κ3) is 4.71. The smallest absolute Gasteiger partial charge is 0.404 e. The number of pyridine rings is 2. The molecule has 0 saturated carbocycles. The van der Waals surface area contributed by atoms with Crippen LogP contribution >= 0.6 is 0 Å². The molecule has 8 nitrogen and oxygen atoms in total. The van der Waals surface area contributed by atoms with Gasteiger partial charge in [-0.3, -0.25) is 19.1 Å². The highest BCUT2D eigenvalue weighted by Gasteiger charge is 2.36. The minimum Gasteiger partial charge on any atom is -0.404 e. The number of alkyl halides is 3. The highest BCUT2D eigenvalue weighted by atomic mass is 19.4. The molecular weight excluding hydrogens is 509 g/mol. The fraction of sp³-hybridized carbons (Fsp3) is 0.214. The van der Waals surface area contributed by atoms with Crippen LogP contribution in [0.25, 0.3) is 33.1 Å². The van der Waals surface area contributed by atoms with Crippen LogP contribution in [0.1, 0.15) is 18.1 Å². The normalized spacial score (nSPS) is 14.7. The first-order valence-electron chi connectivity index (χ1n) is 12.2. The molecule has 1 saturated heterocycles. The fourth-order valence-corrected chi connectivity index (χ4v) is 5.00. The van der Waals surface area contributed by atoms with Crippen molar-refractivity contribution >= 4 is 45.2 Å². The number of nitrogens with two attached hydrogens (primary N) is 1. The zero-order valence-corrected chi connectivity index (χ0v) is 21.0. The molecule has 0 aliphatic carbocycles. The number of hydrogen-bond donors (Lipinski definition) is 2. The first-order valence-corrected chi connectivity index (χ1v) is 12.2. The number of nitrogens with zero attached hydrogens (tertiary/aromatic N) is 4. The number of benzene rings is 2. The first kappa shape index (κ1) is 26.0. The van der Waals surface area contributed by atoms with Crippen molar-refractivity contribution in [2.75, 3.05) is 31.1 Å². The number of rotatable bonds is 4. The monoisotopic (exact) mass is 534 g/mol. The second-order valence-corrected chi connectivity index (χ2v) is 9.26. The van der Waals surface area contributed by atoms with Gasteiger partial charge in [-0.2, -0.15) is 13.2 Å². The number of fused-ring (bicyclic) bond motifs is 3. The maximum atomic E-state index is 14.4. The van der Waals surface area contributed by atoms with Gasteiger partial charge in [0.2, 0.25) is 5.91 Å². The van der Waals surface area contributed by atoms with E-state index < -0.39 is 17.3 Å². The zero-order valence-electron chi connectivity index (χ0n) is 21.0. The summed E-state index contributed by atoms with van der Waals surface area (Å²) in [5.74, 6) is -0.115. The van der Waals surface area contributed by atoms with E-state index in [1.165, 1.54) is 35.9 Å². The lowest BCUT2D eigenvalue weighted by molar-refractivity contribution is -0.137. The van der Waals surface area contributed by atoms with E-state index in [4.69, 9.17) is 11.1 Å². The number of anilines is 1. The van der Waals surface area contributed by atoms with Gasteiger partial charge in [0.05, 0.1) is 22.3 Å². The third-order valence-corrected chi connectivity index (χ3v) is 7.00. The van der Waals surface area contributed by atoms with Gasteiger partial charge in [0.25, 0.3) is 5.56 Å². The molecule has 4 aromatic rings. The molecule has 39 heavy (non-hydrogen) atoms. The minimum absolute atomic E-state index is 0.000237. The summed E-state index contributed by atoms with van der Waals surface area (Å²) in [7, 11) is 0. The van der Waals surface area contributed by atoms with Gasteiger partial charge in [-0.15, -0.1) is 0 Å². The molecule has 1 aliphatic rings.